The maximum atomic E-state index is 11.4. The van der Waals surface area contributed by atoms with Gasteiger partial charge in [0.1, 0.15) is 23.9 Å². The van der Waals surface area contributed by atoms with Crippen LogP contribution >= 0.6 is 0 Å². The molecule has 0 fully saturated rings. The topological polar surface area (TPSA) is 105 Å². The van der Waals surface area contributed by atoms with E-state index in [0.29, 0.717) is 17.2 Å². The molecule has 0 spiro atoms. The third-order valence-electron chi connectivity index (χ3n) is 12.0. The molecule has 0 aliphatic carbocycles. The zero-order chi connectivity index (χ0) is 55.1. The minimum absolute atomic E-state index is 0.0422. The predicted octanol–water partition coefficient (Wildman–Crippen LogP) is 16.4. The molecule has 8 nitrogen and oxygen atoms in total. The van der Waals surface area contributed by atoms with Crippen LogP contribution in [0.5, 0.6) is 17.2 Å². The number of esters is 4. The molecule has 0 N–H and O–H groups in total. The third-order valence-corrected chi connectivity index (χ3v) is 12.0. The van der Waals surface area contributed by atoms with Crippen molar-refractivity contribution < 1.29 is 38.1 Å². The Balaban J connectivity index is 0.000000186. The van der Waals surface area contributed by atoms with Gasteiger partial charge in [0, 0.05) is 35.3 Å². The summed E-state index contributed by atoms with van der Waals surface area (Å²) < 4.78 is 20.7. The first kappa shape index (κ1) is 57.5. The summed E-state index contributed by atoms with van der Waals surface area (Å²) in [4.78, 5) is 44.9. The van der Waals surface area contributed by atoms with Crippen LogP contribution in [0.4, 0.5) is 0 Å². The second-order valence-electron chi connectivity index (χ2n) is 21.1. The first-order valence-electron chi connectivity index (χ1n) is 24.8. The number of carbonyl (C=O) groups is 4. The standard InChI is InChI=1S/C19H16O2.2C17H18O2.C14H18O2/c1-3-19(20)21-12-18-16-10-6-4-8-14(16)13(2)15-9-5-7-11-17(15)18;1-5-16(18)19-15-9-7-12-10-14(17(2,3)4)8-6-13(12)11-15;1-5-16(18)19-15-11-10-14(17(2,3)4)12-8-6-7-9-13(12)15;1-5-13(15)16-12-8-6-11(7-9-12)10-14(2,3)4/h3-11H,1,12H2,2H3;2*5-11H,1H2,2-4H3;5-9H,1,10H2,2-4H3. The molecule has 0 aromatic heterocycles. The lowest BCUT2D eigenvalue weighted by molar-refractivity contribution is -0.139. The fraction of sp³-hybridized carbons (Fsp3) is 0.224. The van der Waals surface area contributed by atoms with E-state index < -0.39 is 23.9 Å². The Morgan fingerprint density at radius 3 is 1.41 bits per heavy atom. The summed E-state index contributed by atoms with van der Waals surface area (Å²) in [5.41, 5.74) is 6.49. The number of rotatable bonds is 10. The molecule has 8 aromatic rings. The summed E-state index contributed by atoms with van der Waals surface area (Å²) in [6.45, 7) is 35.6. The Kier molecular flexibility index (Phi) is 19.6. The van der Waals surface area contributed by atoms with Gasteiger partial charge < -0.3 is 18.9 Å². The van der Waals surface area contributed by atoms with Gasteiger partial charge in [-0.25, -0.2) is 19.2 Å². The summed E-state index contributed by atoms with van der Waals surface area (Å²) >= 11 is 0. The van der Waals surface area contributed by atoms with Gasteiger partial charge in [0.25, 0.3) is 0 Å². The van der Waals surface area contributed by atoms with Gasteiger partial charge in [-0.3, -0.25) is 0 Å². The van der Waals surface area contributed by atoms with Crippen LogP contribution in [0.3, 0.4) is 0 Å². The molecule has 75 heavy (non-hydrogen) atoms. The van der Waals surface area contributed by atoms with E-state index in [1.807, 2.05) is 91.0 Å². The van der Waals surface area contributed by atoms with Crippen molar-refractivity contribution in [2.24, 2.45) is 5.41 Å². The molecule has 0 amide bonds. The van der Waals surface area contributed by atoms with E-state index in [-0.39, 0.29) is 22.9 Å². The highest BCUT2D eigenvalue weighted by Gasteiger charge is 2.19. The van der Waals surface area contributed by atoms with Gasteiger partial charge in [0.05, 0.1) is 0 Å². The first-order valence-corrected chi connectivity index (χ1v) is 24.8. The number of hydrogen-bond acceptors (Lipinski definition) is 8. The summed E-state index contributed by atoms with van der Waals surface area (Å²) in [7, 11) is 0. The molecule has 8 aromatic carbocycles. The molecule has 0 saturated heterocycles. The Hall–Kier alpha value is -8.36. The summed E-state index contributed by atoms with van der Waals surface area (Å²) in [6, 6.07) is 47.8. The molecule has 0 heterocycles. The molecular weight excluding hydrogens is 933 g/mol. The molecule has 0 atom stereocenters. The van der Waals surface area contributed by atoms with Crippen LogP contribution < -0.4 is 14.2 Å². The summed E-state index contributed by atoms with van der Waals surface area (Å²) in [5, 5.41) is 8.92. The van der Waals surface area contributed by atoms with Gasteiger partial charge >= 0.3 is 23.9 Å². The van der Waals surface area contributed by atoms with E-state index in [2.05, 4.69) is 144 Å². The lowest BCUT2D eigenvalue weighted by Gasteiger charge is -2.22. The molecular formula is C67H70O8. The van der Waals surface area contributed by atoms with Crippen molar-refractivity contribution in [1.29, 1.82) is 0 Å². The minimum atomic E-state index is -0.439. The highest BCUT2D eigenvalue weighted by molar-refractivity contribution is 6.05. The Labute approximate surface area is 443 Å². The zero-order valence-electron chi connectivity index (χ0n) is 45.2. The number of ether oxygens (including phenoxy) is 4. The minimum Gasteiger partial charge on any atom is -0.458 e. The lowest BCUT2D eigenvalue weighted by atomic mass is 9.83. The normalized spacial score (nSPS) is 11.1. The van der Waals surface area contributed by atoms with Gasteiger partial charge in [-0.2, -0.15) is 0 Å². The SMILES string of the molecule is C=CC(=O)OCc1c2ccccc2c(C)c2ccccc12.C=CC(=O)Oc1ccc(C(C)(C)C)c2ccccc12.C=CC(=O)Oc1ccc(CC(C)(C)C)cc1.C=CC(=O)Oc1ccc2cc(C(C)(C)C)ccc2c1. The average molecular weight is 1000 g/mol. The number of aryl methyl sites for hydroxylation is 1. The van der Waals surface area contributed by atoms with Crippen LogP contribution in [0.1, 0.15) is 90.1 Å². The zero-order valence-corrected chi connectivity index (χ0v) is 45.2. The molecule has 0 radical (unpaired) electrons. The summed E-state index contributed by atoms with van der Waals surface area (Å²) in [6.07, 6.45) is 5.68. The van der Waals surface area contributed by atoms with Crippen LogP contribution in [-0.4, -0.2) is 23.9 Å². The van der Waals surface area contributed by atoms with E-state index >= 15 is 0 Å². The van der Waals surface area contributed by atoms with Crippen LogP contribution in [-0.2, 0) is 47.8 Å². The van der Waals surface area contributed by atoms with Gasteiger partial charge in [-0.15, -0.1) is 0 Å². The Bertz CT molecular complexity index is 3320. The van der Waals surface area contributed by atoms with Gasteiger partial charge in [-0.05, 0) is 120 Å². The van der Waals surface area contributed by atoms with E-state index in [9.17, 15) is 19.2 Å². The van der Waals surface area contributed by atoms with Crippen molar-refractivity contribution in [3.63, 3.8) is 0 Å². The molecule has 0 aliphatic rings. The quantitative estimate of drug-likeness (QED) is 0.0577. The largest absolute Gasteiger partial charge is 0.458 e. The monoisotopic (exact) mass is 1000 g/mol. The van der Waals surface area contributed by atoms with Crippen molar-refractivity contribution in [3.05, 3.63) is 224 Å². The highest BCUT2D eigenvalue weighted by atomic mass is 16.5. The van der Waals surface area contributed by atoms with Crippen molar-refractivity contribution in [3.8, 4) is 17.2 Å². The van der Waals surface area contributed by atoms with Crippen LogP contribution in [0, 0.1) is 12.3 Å². The van der Waals surface area contributed by atoms with Crippen molar-refractivity contribution >= 4 is 67.0 Å². The van der Waals surface area contributed by atoms with Gasteiger partial charge in [0.2, 0.25) is 0 Å². The Morgan fingerprint density at radius 1 is 0.453 bits per heavy atom. The maximum Gasteiger partial charge on any atom is 0.335 e. The van der Waals surface area contributed by atoms with Crippen LogP contribution in [0.2, 0.25) is 0 Å². The second kappa shape index (κ2) is 25.5. The number of benzene rings is 8. The molecule has 0 aliphatic heterocycles. The molecule has 8 rings (SSSR count). The van der Waals surface area contributed by atoms with Crippen molar-refractivity contribution in [1.82, 2.24) is 0 Å². The van der Waals surface area contributed by atoms with E-state index in [0.717, 1.165) is 56.5 Å². The fourth-order valence-corrected chi connectivity index (χ4v) is 8.32. The molecule has 386 valence electrons. The summed E-state index contributed by atoms with van der Waals surface area (Å²) in [5.74, 6) is -0.0244. The Morgan fingerprint density at radius 2 is 0.907 bits per heavy atom. The highest BCUT2D eigenvalue weighted by Crippen LogP contribution is 2.36. The first-order chi connectivity index (χ1) is 35.5. The maximum absolute atomic E-state index is 11.4. The lowest BCUT2D eigenvalue weighted by Crippen LogP contribution is -2.12. The molecule has 0 unspecified atom stereocenters. The van der Waals surface area contributed by atoms with Crippen molar-refractivity contribution in [2.45, 2.75) is 93.1 Å². The second-order valence-corrected chi connectivity index (χ2v) is 21.1. The van der Waals surface area contributed by atoms with E-state index in [1.165, 1.54) is 45.2 Å². The predicted molar refractivity (Wildman–Crippen MR) is 309 cm³/mol. The van der Waals surface area contributed by atoms with E-state index in [4.69, 9.17) is 18.9 Å². The van der Waals surface area contributed by atoms with Gasteiger partial charge in [0.15, 0.2) is 0 Å². The fourth-order valence-electron chi connectivity index (χ4n) is 8.32. The number of hydrogen-bond donors (Lipinski definition) is 0. The van der Waals surface area contributed by atoms with Gasteiger partial charge in [-0.1, -0.05) is 204 Å². The number of fused-ring (bicyclic) bond motifs is 4. The van der Waals surface area contributed by atoms with Crippen molar-refractivity contribution in [2.75, 3.05) is 0 Å². The number of carbonyl (C=O) groups excluding carboxylic acids is 4. The van der Waals surface area contributed by atoms with E-state index in [1.54, 1.807) is 6.07 Å². The average Bonchev–Trinajstić information content (AvgIpc) is 3.38. The smallest absolute Gasteiger partial charge is 0.335 e. The van der Waals surface area contributed by atoms with Crippen LogP contribution in [0.15, 0.2) is 196 Å². The molecule has 8 heteroatoms. The van der Waals surface area contributed by atoms with Crippen LogP contribution in [0.25, 0.3) is 43.1 Å². The third kappa shape index (κ3) is 16.3. The molecule has 0 bridgehead atoms. The molecule has 0 saturated carbocycles.